The molecule has 1 aromatic carbocycles. The molecule has 3 rings (SSSR count). The first-order valence-corrected chi connectivity index (χ1v) is 7.59. The van der Waals surface area contributed by atoms with Crippen LogP contribution in [0, 0.1) is 18.8 Å². The Morgan fingerprint density at radius 3 is 2.78 bits per heavy atom. The van der Waals surface area contributed by atoms with E-state index in [9.17, 15) is 18.0 Å². The van der Waals surface area contributed by atoms with Gasteiger partial charge in [0.25, 0.3) is 0 Å². The maximum absolute atomic E-state index is 13.1. The van der Waals surface area contributed by atoms with Crippen molar-refractivity contribution in [3.05, 3.63) is 24.1 Å². The van der Waals surface area contributed by atoms with Crippen molar-refractivity contribution in [2.24, 2.45) is 11.8 Å². The first-order chi connectivity index (χ1) is 10.8. The lowest BCUT2D eigenvalue weighted by Gasteiger charge is -2.31. The van der Waals surface area contributed by atoms with Crippen molar-refractivity contribution >= 4 is 22.7 Å². The van der Waals surface area contributed by atoms with E-state index in [2.05, 4.69) is 10.3 Å². The summed E-state index contributed by atoms with van der Waals surface area (Å²) in [5.74, 6) is -2.67. The predicted molar refractivity (Wildman–Crippen MR) is 78.9 cm³/mol. The van der Waals surface area contributed by atoms with Gasteiger partial charge in [-0.1, -0.05) is 12.8 Å². The van der Waals surface area contributed by atoms with Gasteiger partial charge in [-0.2, -0.15) is 13.2 Å². The molecule has 7 heteroatoms. The number of nitrogens with one attached hydrogen (secondary N) is 1. The van der Waals surface area contributed by atoms with E-state index in [0.29, 0.717) is 35.5 Å². The monoisotopic (exact) mass is 326 g/mol. The minimum atomic E-state index is -4.34. The Kier molecular flexibility index (Phi) is 4.04. The maximum Gasteiger partial charge on any atom is 0.392 e. The topological polar surface area (TPSA) is 55.1 Å². The molecule has 0 aliphatic heterocycles. The first kappa shape index (κ1) is 15.8. The van der Waals surface area contributed by atoms with Gasteiger partial charge in [0.2, 0.25) is 5.91 Å². The molecule has 23 heavy (non-hydrogen) atoms. The molecule has 0 radical (unpaired) electrons. The van der Waals surface area contributed by atoms with E-state index in [4.69, 9.17) is 4.42 Å². The van der Waals surface area contributed by atoms with Crippen LogP contribution in [0.15, 0.2) is 22.6 Å². The van der Waals surface area contributed by atoms with Crippen LogP contribution in [0.1, 0.15) is 31.6 Å². The van der Waals surface area contributed by atoms with Crippen LogP contribution in [0.4, 0.5) is 18.9 Å². The summed E-state index contributed by atoms with van der Waals surface area (Å²) >= 11 is 0. The lowest BCUT2D eigenvalue weighted by Crippen LogP contribution is -2.39. The van der Waals surface area contributed by atoms with Crippen molar-refractivity contribution in [1.29, 1.82) is 0 Å². The molecule has 1 N–H and O–H groups in total. The van der Waals surface area contributed by atoms with E-state index < -0.39 is 23.9 Å². The second-order valence-corrected chi connectivity index (χ2v) is 5.94. The zero-order valence-corrected chi connectivity index (χ0v) is 12.6. The van der Waals surface area contributed by atoms with Gasteiger partial charge in [-0.25, -0.2) is 4.98 Å². The van der Waals surface area contributed by atoms with Crippen molar-refractivity contribution in [3.8, 4) is 0 Å². The van der Waals surface area contributed by atoms with Gasteiger partial charge in [0.15, 0.2) is 11.5 Å². The summed E-state index contributed by atoms with van der Waals surface area (Å²) in [6, 6.07) is 4.86. The van der Waals surface area contributed by atoms with Crippen molar-refractivity contribution < 1.29 is 22.4 Å². The molecule has 1 heterocycles. The number of oxazole rings is 1. The van der Waals surface area contributed by atoms with Crippen LogP contribution in [0.2, 0.25) is 0 Å². The molecular formula is C16H17F3N2O2. The van der Waals surface area contributed by atoms with Crippen molar-refractivity contribution in [2.45, 2.75) is 38.8 Å². The summed E-state index contributed by atoms with van der Waals surface area (Å²) in [5.41, 5.74) is 1.57. The third kappa shape index (κ3) is 3.33. The fraction of sp³-hybridized carbons (Fsp3) is 0.500. The average molecular weight is 326 g/mol. The smallest absolute Gasteiger partial charge is 0.392 e. The number of aromatic nitrogens is 1. The number of hydrogen-bond acceptors (Lipinski definition) is 3. The summed E-state index contributed by atoms with van der Waals surface area (Å²) in [6.45, 7) is 1.70. The van der Waals surface area contributed by atoms with E-state index in [1.165, 1.54) is 0 Å². The minimum absolute atomic E-state index is 0.0170. The van der Waals surface area contributed by atoms with Crippen molar-refractivity contribution in [1.82, 2.24) is 4.98 Å². The molecular weight excluding hydrogens is 309 g/mol. The number of fused-ring (bicyclic) bond motifs is 1. The van der Waals surface area contributed by atoms with Crippen molar-refractivity contribution in [2.75, 3.05) is 5.32 Å². The molecule has 1 amide bonds. The second kappa shape index (κ2) is 5.86. The van der Waals surface area contributed by atoms with Crippen LogP contribution in [0.5, 0.6) is 0 Å². The lowest BCUT2D eigenvalue weighted by atomic mass is 9.78. The molecule has 0 saturated heterocycles. The number of carbonyl (C=O) groups is 1. The number of anilines is 1. The Balaban J connectivity index is 1.78. The molecule has 2 atom stereocenters. The Bertz CT molecular complexity index is 724. The first-order valence-electron chi connectivity index (χ1n) is 7.59. The summed E-state index contributed by atoms with van der Waals surface area (Å²) in [4.78, 5) is 16.5. The molecule has 1 aromatic heterocycles. The average Bonchev–Trinajstić information content (AvgIpc) is 2.85. The minimum Gasteiger partial charge on any atom is -0.441 e. The maximum atomic E-state index is 13.1. The highest BCUT2D eigenvalue weighted by Crippen LogP contribution is 2.41. The number of aryl methyl sites for hydroxylation is 1. The lowest BCUT2D eigenvalue weighted by molar-refractivity contribution is -0.197. The molecule has 1 saturated carbocycles. The Morgan fingerprint density at radius 1 is 1.30 bits per heavy atom. The summed E-state index contributed by atoms with van der Waals surface area (Å²) in [7, 11) is 0. The number of halogens is 3. The second-order valence-electron chi connectivity index (χ2n) is 5.94. The van der Waals surface area contributed by atoms with Gasteiger partial charge in [-0.3, -0.25) is 4.79 Å². The molecule has 1 fully saturated rings. The van der Waals surface area contributed by atoms with Crippen LogP contribution >= 0.6 is 0 Å². The van der Waals surface area contributed by atoms with Crippen LogP contribution < -0.4 is 5.32 Å². The molecule has 1 aliphatic carbocycles. The van der Waals surface area contributed by atoms with Crippen LogP contribution in [0.3, 0.4) is 0 Å². The number of benzene rings is 1. The van der Waals surface area contributed by atoms with E-state index in [1.54, 1.807) is 25.1 Å². The zero-order valence-electron chi connectivity index (χ0n) is 12.6. The third-order valence-corrected chi connectivity index (χ3v) is 4.29. The SMILES string of the molecule is Cc1nc2cc(NC(=O)[C@@H]3CCCC[C@@H]3C(F)(F)F)ccc2o1. The molecule has 4 nitrogen and oxygen atoms in total. The number of nitrogens with zero attached hydrogens (tertiary/aromatic N) is 1. The number of amides is 1. The molecule has 0 unspecified atom stereocenters. The summed E-state index contributed by atoms with van der Waals surface area (Å²) in [6.07, 6.45) is -2.90. The van der Waals surface area contributed by atoms with Gasteiger partial charge in [0.1, 0.15) is 5.52 Å². The van der Waals surface area contributed by atoms with Crippen LogP contribution in [0.25, 0.3) is 11.1 Å². The van der Waals surface area contributed by atoms with Gasteiger partial charge < -0.3 is 9.73 Å². The number of alkyl halides is 3. The zero-order chi connectivity index (χ0) is 16.6. The summed E-state index contributed by atoms with van der Waals surface area (Å²) < 4.78 is 44.6. The van der Waals surface area contributed by atoms with Gasteiger partial charge in [0.05, 0.1) is 5.92 Å². The van der Waals surface area contributed by atoms with Crippen LogP contribution in [-0.4, -0.2) is 17.1 Å². The van der Waals surface area contributed by atoms with E-state index in [1.807, 2.05) is 0 Å². The quantitative estimate of drug-likeness (QED) is 0.887. The molecule has 0 spiro atoms. The van der Waals surface area contributed by atoms with Crippen LogP contribution in [-0.2, 0) is 4.79 Å². The predicted octanol–water partition coefficient (Wildman–Crippen LogP) is 4.44. The molecule has 2 aromatic rings. The Labute approximate surface area is 131 Å². The van der Waals surface area contributed by atoms with Gasteiger partial charge in [-0.05, 0) is 31.0 Å². The highest BCUT2D eigenvalue weighted by atomic mass is 19.4. The number of hydrogen-bond donors (Lipinski definition) is 1. The molecule has 1 aliphatic rings. The summed E-state index contributed by atoms with van der Waals surface area (Å²) in [5, 5.41) is 2.59. The Hall–Kier alpha value is -2.05. The highest BCUT2D eigenvalue weighted by molar-refractivity contribution is 5.94. The largest absolute Gasteiger partial charge is 0.441 e. The fourth-order valence-corrected chi connectivity index (χ4v) is 3.19. The molecule has 0 bridgehead atoms. The van der Waals surface area contributed by atoms with Crippen molar-refractivity contribution in [3.63, 3.8) is 0 Å². The number of rotatable bonds is 2. The highest BCUT2D eigenvalue weighted by Gasteiger charge is 2.48. The standard InChI is InChI=1S/C16H17F3N2O2/c1-9-20-13-8-10(6-7-14(13)23-9)21-15(22)11-4-2-3-5-12(11)16(17,18)19/h6-8,11-12H,2-5H2,1H3,(H,21,22)/t11-,12+/m1/s1. The van der Waals surface area contributed by atoms with E-state index in [0.717, 1.165) is 0 Å². The van der Waals surface area contributed by atoms with Gasteiger partial charge >= 0.3 is 6.18 Å². The van der Waals surface area contributed by atoms with Gasteiger partial charge in [0, 0.05) is 18.5 Å². The van der Waals surface area contributed by atoms with E-state index >= 15 is 0 Å². The third-order valence-electron chi connectivity index (χ3n) is 4.29. The Morgan fingerprint density at radius 2 is 2.04 bits per heavy atom. The number of carbonyl (C=O) groups excluding carboxylic acids is 1. The normalized spacial score (nSPS) is 22.3. The molecule has 124 valence electrons. The van der Waals surface area contributed by atoms with E-state index in [-0.39, 0.29) is 12.8 Å². The van der Waals surface area contributed by atoms with Gasteiger partial charge in [-0.15, -0.1) is 0 Å². The fourth-order valence-electron chi connectivity index (χ4n) is 3.19.